The first-order valence-corrected chi connectivity index (χ1v) is 16.2. The normalized spacial score (nSPS) is 17.7. The molecule has 3 aromatic rings. The monoisotopic (exact) mass is 646 g/mol. The predicted octanol–water partition coefficient (Wildman–Crippen LogP) is 5.53. The van der Waals surface area contributed by atoms with Crippen LogP contribution in [0.4, 0.5) is 16.6 Å². The molecule has 0 bridgehead atoms. The molecule has 4 rings (SSSR count). The van der Waals surface area contributed by atoms with Gasteiger partial charge >= 0.3 is 6.09 Å². The van der Waals surface area contributed by atoms with Crippen LogP contribution in [0, 0.1) is 11.8 Å². The summed E-state index contributed by atoms with van der Waals surface area (Å²) < 4.78 is 34.1. The zero-order valence-corrected chi connectivity index (χ0v) is 26.1. The Morgan fingerprint density at radius 3 is 2.27 bits per heavy atom. The lowest BCUT2D eigenvalue weighted by molar-refractivity contribution is 0.0530. The summed E-state index contributed by atoms with van der Waals surface area (Å²) in [4.78, 5) is 21.6. The van der Waals surface area contributed by atoms with Gasteiger partial charge in [0.15, 0.2) is 0 Å². The number of rotatable bonds is 11. The van der Waals surface area contributed by atoms with Gasteiger partial charge in [-0.1, -0.05) is 28.1 Å². The fourth-order valence-electron chi connectivity index (χ4n) is 4.75. The number of alkyl carbamates (subject to hydrolysis) is 1. The van der Waals surface area contributed by atoms with E-state index in [-0.39, 0.29) is 4.90 Å². The summed E-state index contributed by atoms with van der Waals surface area (Å²) in [5.41, 5.74) is 0.285. The molecule has 10 nitrogen and oxygen atoms in total. The Labute approximate surface area is 250 Å². The molecule has 222 valence electrons. The van der Waals surface area contributed by atoms with Crippen molar-refractivity contribution in [2.45, 2.75) is 57.0 Å². The number of carbonyl (C=O) groups is 1. The molecule has 0 unspecified atom stereocenters. The van der Waals surface area contributed by atoms with Crippen LogP contribution in [0.25, 0.3) is 10.9 Å². The summed E-state index contributed by atoms with van der Waals surface area (Å²) in [6, 6.07) is 14.5. The maximum absolute atomic E-state index is 12.6. The van der Waals surface area contributed by atoms with Gasteiger partial charge in [0.05, 0.1) is 10.4 Å². The van der Waals surface area contributed by atoms with Crippen LogP contribution in [0.5, 0.6) is 0 Å². The first-order valence-electron chi connectivity index (χ1n) is 13.9. The van der Waals surface area contributed by atoms with E-state index in [9.17, 15) is 13.2 Å². The van der Waals surface area contributed by atoms with Gasteiger partial charge in [0.2, 0.25) is 16.0 Å². The molecule has 1 aliphatic rings. The van der Waals surface area contributed by atoms with E-state index in [4.69, 9.17) is 14.7 Å². The minimum Gasteiger partial charge on any atom is -0.444 e. The van der Waals surface area contributed by atoms with Crippen LogP contribution in [0.2, 0.25) is 0 Å². The molecule has 1 heterocycles. The van der Waals surface area contributed by atoms with Crippen LogP contribution in [-0.2, 0) is 14.8 Å². The van der Waals surface area contributed by atoms with E-state index in [0.717, 1.165) is 47.6 Å². The number of benzene rings is 2. The third kappa shape index (κ3) is 9.54. The van der Waals surface area contributed by atoms with Gasteiger partial charge in [0, 0.05) is 36.0 Å². The van der Waals surface area contributed by atoms with Gasteiger partial charge in [0.1, 0.15) is 11.4 Å². The van der Waals surface area contributed by atoms with Crippen LogP contribution < -0.4 is 20.7 Å². The molecule has 0 aliphatic heterocycles. The third-order valence-electron chi connectivity index (χ3n) is 6.89. The number of hydrogen-bond donors (Lipinski definition) is 4. The van der Waals surface area contributed by atoms with Crippen LogP contribution in [0.1, 0.15) is 46.5 Å². The molecule has 1 fully saturated rings. The lowest BCUT2D eigenvalue weighted by atomic mass is 9.82. The maximum atomic E-state index is 12.6. The van der Waals surface area contributed by atoms with Crippen molar-refractivity contribution in [3.63, 3.8) is 0 Å². The highest BCUT2D eigenvalue weighted by atomic mass is 79.9. The van der Waals surface area contributed by atoms with Crippen molar-refractivity contribution in [3.05, 3.63) is 53.0 Å². The van der Waals surface area contributed by atoms with Crippen molar-refractivity contribution in [1.29, 1.82) is 0 Å². The highest BCUT2D eigenvalue weighted by Crippen LogP contribution is 2.29. The minimum absolute atomic E-state index is 0.280. The topological polar surface area (TPSA) is 134 Å². The number of halogens is 1. The van der Waals surface area contributed by atoms with E-state index < -0.39 is 21.7 Å². The summed E-state index contributed by atoms with van der Waals surface area (Å²) in [7, 11) is -3.51. The largest absolute Gasteiger partial charge is 0.444 e. The van der Waals surface area contributed by atoms with Crippen molar-refractivity contribution in [2.24, 2.45) is 11.8 Å². The van der Waals surface area contributed by atoms with Gasteiger partial charge in [-0.2, -0.15) is 4.98 Å². The molecular formula is C29H39BrN6O4S. The number of fused-ring (bicyclic) bond motifs is 1. The highest BCUT2D eigenvalue weighted by Gasteiger charge is 2.24. The molecule has 1 amide bonds. The number of nitrogens with one attached hydrogen (secondary N) is 4. The Bertz CT molecular complexity index is 1420. The van der Waals surface area contributed by atoms with Gasteiger partial charge < -0.3 is 20.7 Å². The lowest BCUT2D eigenvalue weighted by Gasteiger charge is -2.28. The quantitative estimate of drug-likeness (QED) is 0.200. The van der Waals surface area contributed by atoms with Crippen molar-refractivity contribution in [1.82, 2.24) is 20.0 Å². The van der Waals surface area contributed by atoms with E-state index in [1.807, 2.05) is 45.0 Å². The molecule has 0 radical (unpaired) electrons. The molecule has 0 saturated heterocycles. The second-order valence-corrected chi connectivity index (χ2v) is 14.0. The number of amides is 1. The van der Waals surface area contributed by atoms with E-state index in [1.165, 1.54) is 0 Å². The van der Waals surface area contributed by atoms with Crippen molar-refractivity contribution in [3.8, 4) is 0 Å². The van der Waals surface area contributed by atoms with Crippen molar-refractivity contribution < 1.29 is 17.9 Å². The summed E-state index contributed by atoms with van der Waals surface area (Å²) >= 11 is 3.34. The van der Waals surface area contributed by atoms with Gasteiger partial charge in [-0.25, -0.2) is 22.9 Å². The molecule has 41 heavy (non-hydrogen) atoms. The molecule has 1 saturated carbocycles. The maximum Gasteiger partial charge on any atom is 0.407 e. The molecule has 0 atom stereocenters. The third-order valence-corrected chi connectivity index (χ3v) is 8.86. The Balaban J connectivity index is 1.25. The molecular weight excluding hydrogens is 608 g/mol. The zero-order chi connectivity index (χ0) is 29.5. The number of hydrogen-bond acceptors (Lipinski definition) is 8. The van der Waals surface area contributed by atoms with Crippen LogP contribution in [-0.4, -0.2) is 56.3 Å². The highest BCUT2D eigenvalue weighted by molar-refractivity contribution is 9.10. The second kappa shape index (κ2) is 13.8. The Kier molecular flexibility index (Phi) is 10.4. The van der Waals surface area contributed by atoms with Crippen molar-refractivity contribution in [2.75, 3.05) is 36.8 Å². The standard InChI is InChI=1S/C29H39BrN6O4S/c1-29(2,3)40-28(37)32-17-16-31-26-24-6-4-5-7-25(24)35-27(36-26)33-18-20-8-10-21(11-9-20)19-34-41(38,39)23-14-12-22(30)13-15-23/h4-7,12-15,20-21,34H,8-11,16-19H2,1-3H3,(H,32,37)(H2,31,33,35,36). The van der Waals surface area contributed by atoms with E-state index >= 15 is 0 Å². The molecule has 1 aliphatic carbocycles. The van der Waals surface area contributed by atoms with E-state index in [0.29, 0.717) is 43.2 Å². The molecule has 12 heteroatoms. The van der Waals surface area contributed by atoms with Gasteiger partial charge in [-0.15, -0.1) is 0 Å². The summed E-state index contributed by atoms with van der Waals surface area (Å²) in [5.74, 6) is 2.03. The van der Waals surface area contributed by atoms with Crippen LogP contribution in [0.15, 0.2) is 57.9 Å². The molecule has 0 spiro atoms. The average molecular weight is 648 g/mol. The van der Waals surface area contributed by atoms with Gasteiger partial charge in [-0.3, -0.25) is 0 Å². The molecule has 4 N–H and O–H groups in total. The Morgan fingerprint density at radius 2 is 1.59 bits per heavy atom. The van der Waals surface area contributed by atoms with Crippen LogP contribution >= 0.6 is 15.9 Å². The average Bonchev–Trinajstić information content (AvgIpc) is 2.93. The van der Waals surface area contributed by atoms with Gasteiger partial charge in [0.25, 0.3) is 0 Å². The SMILES string of the molecule is CC(C)(C)OC(=O)NCCNc1nc(NCC2CCC(CNS(=O)(=O)c3ccc(Br)cc3)CC2)nc2ccccc12. The zero-order valence-electron chi connectivity index (χ0n) is 23.7. The molecule has 2 aromatic carbocycles. The molecule has 1 aromatic heterocycles. The number of ether oxygens (including phenoxy) is 1. The van der Waals surface area contributed by atoms with E-state index in [1.54, 1.807) is 24.3 Å². The number of carbonyl (C=O) groups excluding carboxylic acids is 1. The minimum atomic E-state index is -3.51. The lowest BCUT2D eigenvalue weighted by Crippen LogP contribution is -2.35. The smallest absolute Gasteiger partial charge is 0.407 e. The second-order valence-electron chi connectivity index (χ2n) is 11.3. The number of aromatic nitrogens is 2. The fourth-order valence-corrected chi connectivity index (χ4v) is 6.13. The number of sulfonamides is 1. The first kappa shape index (κ1) is 31.0. The Morgan fingerprint density at radius 1 is 0.927 bits per heavy atom. The number of nitrogens with zero attached hydrogens (tertiary/aromatic N) is 2. The van der Waals surface area contributed by atoms with Crippen molar-refractivity contribution >= 4 is 54.7 Å². The number of para-hydroxylation sites is 1. The van der Waals surface area contributed by atoms with Crippen LogP contribution in [0.3, 0.4) is 0 Å². The van der Waals surface area contributed by atoms with E-state index in [2.05, 4.69) is 36.6 Å². The summed E-state index contributed by atoms with van der Waals surface area (Å²) in [6.07, 6.45) is 3.49. The predicted molar refractivity (Wildman–Crippen MR) is 166 cm³/mol. The van der Waals surface area contributed by atoms with Gasteiger partial charge in [-0.05, 0) is 94.7 Å². The first-order chi connectivity index (χ1) is 19.5. The summed E-state index contributed by atoms with van der Waals surface area (Å²) in [6.45, 7) is 7.55. The summed E-state index contributed by atoms with van der Waals surface area (Å²) in [5, 5.41) is 10.4. The number of anilines is 2. The Hall–Kier alpha value is -2.96. The fraction of sp³-hybridized carbons (Fsp3) is 0.483.